The topological polar surface area (TPSA) is 64.2 Å². The van der Waals surface area contributed by atoms with E-state index < -0.39 is 11.7 Å². The number of carbonyl (C=O) groups is 3. The minimum absolute atomic E-state index is 0.229. The van der Waals surface area contributed by atoms with Gasteiger partial charge in [-0.15, -0.1) is 0 Å². The van der Waals surface area contributed by atoms with E-state index in [0.29, 0.717) is 28.9 Å². The number of hydrogen-bond acceptors (Lipinski definition) is 5. The molecule has 150 valence electrons. The van der Waals surface area contributed by atoms with E-state index in [2.05, 4.69) is 25.7 Å². The lowest BCUT2D eigenvalue weighted by molar-refractivity contribution is -0.133. The maximum atomic E-state index is 12.5. The van der Waals surface area contributed by atoms with E-state index >= 15 is 0 Å². The van der Waals surface area contributed by atoms with E-state index in [1.165, 1.54) is 6.42 Å². The summed E-state index contributed by atoms with van der Waals surface area (Å²) in [6.45, 7) is 5.79. The van der Waals surface area contributed by atoms with E-state index in [0.717, 1.165) is 52.1 Å². The molecule has 3 aliphatic rings. The summed E-state index contributed by atoms with van der Waals surface area (Å²) in [5.41, 5.74) is 1.13. The first-order valence-electron chi connectivity index (χ1n) is 9.92. The third kappa shape index (κ3) is 3.86. The lowest BCUT2D eigenvalue weighted by Crippen LogP contribution is -2.53. The Kier molecular flexibility index (Phi) is 5.80. The molecule has 0 aromatic heterocycles. The van der Waals surface area contributed by atoms with Gasteiger partial charge in [-0.2, -0.15) is 0 Å². The molecule has 28 heavy (non-hydrogen) atoms. The Hall–Kier alpha value is -1.77. The minimum Gasteiger partial charge on any atom is -0.342 e. The fourth-order valence-electron chi connectivity index (χ4n) is 4.17. The van der Waals surface area contributed by atoms with Crippen LogP contribution in [0.3, 0.4) is 0 Å². The van der Waals surface area contributed by atoms with Crippen LogP contribution in [0.2, 0.25) is 0 Å². The van der Waals surface area contributed by atoms with Crippen LogP contribution in [0.25, 0.3) is 0 Å². The summed E-state index contributed by atoms with van der Waals surface area (Å²) < 4.78 is 0.659. The third-order valence-electron chi connectivity index (χ3n) is 5.82. The van der Waals surface area contributed by atoms with Crippen molar-refractivity contribution in [3.8, 4) is 0 Å². The second kappa shape index (κ2) is 8.31. The number of fused-ring (bicyclic) bond motifs is 1. The molecule has 2 amide bonds. The smallest absolute Gasteiger partial charge is 0.300 e. The van der Waals surface area contributed by atoms with E-state index in [1.54, 1.807) is 11.0 Å². The van der Waals surface area contributed by atoms with Crippen LogP contribution in [0, 0.1) is 0 Å². The maximum absolute atomic E-state index is 12.5. The minimum atomic E-state index is -0.468. The number of halogens is 1. The number of benzene rings is 1. The summed E-state index contributed by atoms with van der Waals surface area (Å²) in [4.78, 5) is 45.1. The van der Waals surface area contributed by atoms with Gasteiger partial charge in [-0.25, -0.2) is 0 Å². The third-order valence-corrected chi connectivity index (χ3v) is 6.48. The average Bonchev–Trinajstić information content (AvgIpc) is 2.96. The molecule has 7 nitrogen and oxygen atoms in total. The van der Waals surface area contributed by atoms with Gasteiger partial charge in [0.2, 0.25) is 5.91 Å². The number of nitrogens with zero attached hydrogens (tertiary/aromatic N) is 4. The first-order chi connectivity index (χ1) is 13.5. The molecule has 0 bridgehead atoms. The normalized spacial score (nSPS) is 21.3. The summed E-state index contributed by atoms with van der Waals surface area (Å²) in [7, 11) is 0. The van der Waals surface area contributed by atoms with Crippen LogP contribution >= 0.6 is 15.9 Å². The number of anilines is 1. The van der Waals surface area contributed by atoms with Crippen molar-refractivity contribution in [2.24, 2.45) is 0 Å². The zero-order valence-corrected chi connectivity index (χ0v) is 17.5. The number of carbonyl (C=O) groups excluding carboxylic acids is 3. The number of ketones is 1. The molecule has 0 atom stereocenters. The van der Waals surface area contributed by atoms with Crippen LogP contribution in [0.5, 0.6) is 0 Å². The van der Waals surface area contributed by atoms with Gasteiger partial charge in [0.05, 0.1) is 24.5 Å². The van der Waals surface area contributed by atoms with Crippen molar-refractivity contribution in [2.75, 3.05) is 57.4 Å². The van der Waals surface area contributed by atoms with Gasteiger partial charge >= 0.3 is 5.91 Å². The molecule has 2 saturated heterocycles. The highest BCUT2D eigenvalue weighted by Gasteiger charge is 2.38. The second-order valence-corrected chi connectivity index (χ2v) is 8.53. The van der Waals surface area contributed by atoms with Crippen LogP contribution in [-0.4, -0.2) is 84.8 Å². The summed E-state index contributed by atoms with van der Waals surface area (Å²) in [5.74, 6) is -0.690. The predicted molar refractivity (Wildman–Crippen MR) is 109 cm³/mol. The molecule has 0 saturated carbocycles. The molecule has 2 fully saturated rings. The Morgan fingerprint density at radius 2 is 1.61 bits per heavy atom. The van der Waals surface area contributed by atoms with Crippen molar-refractivity contribution in [3.05, 3.63) is 28.2 Å². The Morgan fingerprint density at radius 1 is 0.929 bits per heavy atom. The fourth-order valence-corrected chi connectivity index (χ4v) is 4.70. The van der Waals surface area contributed by atoms with Gasteiger partial charge in [0.25, 0.3) is 5.78 Å². The number of amides is 2. The van der Waals surface area contributed by atoms with E-state index in [-0.39, 0.29) is 5.91 Å². The van der Waals surface area contributed by atoms with Gasteiger partial charge in [-0.1, -0.05) is 6.07 Å². The highest BCUT2D eigenvalue weighted by atomic mass is 79.9. The van der Waals surface area contributed by atoms with Crippen molar-refractivity contribution < 1.29 is 14.4 Å². The molecular formula is C20H25BrN4O3. The average molecular weight is 449 g/mol. The molecule has 8 heteroatoms. The highest BCUT2D eigenvalue weighted by Crippen LogP contribution is 2.34. The van der Waals surface area contributed by atoms with E-state index in [9.17, 15) is 14.4 Å². The predicted octanol–water partition coefficient (Wildman–Crippen LogP) is 1.57. The van der Waals surface area contributed by atoms with Gasteiger partial charge in [0.1, 0.15) is 0 Å². The number of piperazine rings is 1. The summed E-state index contributed by atoms with van der Waals surface area (Å²) in [6.07, 6.45) is 3.44. The SMILES string of the molecule is O=C1C(=O)N(CN2CCN(CC(=O)N3CCCCC3)CC2)c2cccc(Br)c21. The van der Waals surface area contributed by atoms with Gasteiger partial charge in [-0.3, -0.25) is 29.1 Å². The Labute approximate surface area is 173 Å². The van der Waals surface area contributed by atoms with Gasteiger partial charge < -0.3 is 4.90 Å². The summed E-state index contributed by atoms with van der Waals surface area (Å²) in [5, 5.41) is 0. The van der Waals surface area contributed by atoms with Gasteiger partial charge in [-0.05, 0) is 47.3 Å². The van der Waals surface area contributed by atoms with E-state index in [1.807, 2.05) is 17.0 Å². The number of likely N-dealkylation sites (tertiary alicyclic amines) is 1. The first-order valence-corrected chi connectivity index (χ1v) is 10.7. The molecule has 1 aromatic carbocycles. The van der Waals surface area contributed by atoms with Crippen LogP contribution in [0.1, 0.15) is 29.6 Å². The standard InChI is InChI=1S/C20H25BrN4O3/c21-15-5-4-6-16-18(15)19(27)20(28)25(16)14-23-11-9-22(10-12-23)13-17(26)24-7-2-1-3-8-24/h4-6H,1-3,7-14H2. The molecule has 1 aromatic rings. The number of hydrogen-bond donors (Lipinski definition) is 0. The zero-order chi connectivity index (χ0) is 19.7. The number of Topliss-reactive ketones (excluding diaryl/α,β-unsaturated/α-hetero) is 1. The molecule has 4 rings (SSSR count). The largest absolute Gasteiger partial charge is 0.342 e. The van der Waals surface area contributed by atoms with Crippen molar-refractivity contribution in [1.29, 1.82) is 0 Å². The maximum Gasteiger partial charge on any atom is 0.300 e. The molecule has 3 heterocycles. The Bertz CT molecular complexity index is 786. The van der Waals surface area contributed by atoms with Crippen molar-refractivity contribution >= 4 is 39.2 Å². The number of piperidine rings is 1. The summed E-state index contributed by atoms with van der Waals surface area (Å²) in [6, 6.07) is 5.44. The molecule has 0 radical (unpaired) electrons. The van der Waals surface area contributed by atoms with Crippen molar-refractivity contribution in [1.82, 2.24) is 14.7 Å². The first kappa shape index (κ1) is 19.5. The van der Waals surface area contributed by atoms with Crippen LogP contribution in [0.4, 0.5) is 5.69 Å². The molecule has 0 unspecified atom stereocenters. The van der Waals surface area contributed by atoms with E-state index in [4.69, 9.17) is 0 Å². The quantitative estimate of drug-likeness (QED) is 0.654. The highest BCUT2D eigenvalue weighted by molar-refractivity contribution is 9.10. The van der Waals surface area contributed by atoms with Gasteiger partial charge in [0.15, 0.2) is 0 Å². The van der Waals surface area contributed by atoms with Crippen LogP contribution in [0.15, 0.2) is 22.7 Å². The molecule has 0 spiro atoms. The lowest BCUT2D eigenvalue weighted by atomic mass is 10.1. The Balaban J connectivity index is 1.31. The zero-order valence-electron chi connectivity index (χ0n) is 15.9. The molecule has 0 aliphatic carbocycles. The van der Waals surface area contributed by atoms with Crippen LogP contribution in [-0.2, 0) is 9.59 Å². The molecule has 3 aliphatic heterocycles. The Morgan fingerprint density at radius 3 is 2.32 bits per heavy atom. The van der Waals surface area contributed by atoms with Crippen LogP contribution < -0.4 is 4.90 Å². The molecule has 0 N–H and O–H groups in total. The lowest BCUT2D eigenvalue weighted by Gasteiger charge is -2.37. The fraction of sp³-hybridized carbons (Fsp3) is 0.550. The molecular weight excluding hydrogens is 424 g/mol. The number of rotatable bonds is 4. The summed E-state index contributed by atoms with van der Waals surface area (Å²) >= 11 is 3.38. The monoisotopic (exact) mass is 448 g/mol. The second-order valence-electron chi connectivity index (χ2n) is 7.67. The van der Waals surface area contributed by atoms with Gasteiger partial charge in [0, 0.05) is 43.7 Å². The van der Waals surface area contributed by atoms with Crippen molar-refractivity contribution in [2.45, 2.75) is 19.3 Å². The van der Waals surface area contributed by atoms with Crippen molar-refractivity contribution in [3.63, 3.8) is 0 Å².